The van der Waals surface area contributed by atoms with Crippen LogP contribution in [0.2, 0.25) is 0 Å². The number of methoxy groups -OCH3 is 1. The maximum absolute atomic E-state index is 12.3. The zero-order chi connectivity index (χ0) is 17.2. The van der Waals surface area contributed by atoms with Crippen LogP contribution in [0.15, 0.2) is 70.0 Å². The van der Waals surface area contributed by atoms with Gasteiger partial charge in [0.05, 0.1) is 18.2 Å². The van der Waals surface area contributed by atoms with Crippen molar-refractivity contribution in [2.75, 3.05) is 7.11 Å². The van der Waals surface area contributed by atoms with E-state index in [4.69, 9.17) is 4.74 Å². The Labute approximate surface area is 139 Å². The van der Waals surface area contributed by atoms with Gasteiger partial charge in [-0.2, -0.15) is 12.8 Å². The highest BCUT2D eigenvalue weighted by molar-refractivity contribution is 7.90. The van der Waals surface area contributed by atoms with Crippen molar-refractivity contribution in [3.8, 4) is 11.5 Å². The Bertz CT molecular complexity index is 1010. The molecular formula is C18H15NO4S. The number of nitrogens with zero attached hydrogens (tertiary/aromatic N) is 1. The van der Waals surface area contributed by atoms with Crippen LogP contribution >= 0.6 is 0 Å². The number of aromatic hydroxyl groups is 1. The predicted molar refractivity (Wildman–Crippen MR) is 93.4 cm³/mol. The highest BCUT2D eigenvalue weighted by Gasteiger charge is 2.13. The molecule has 0 heterocycles. The second-order valence-electron chi connectivity index (χ2n) is 5.11. The van der Waals surface area contributed by atoms with Gasteiger partial charge >= 0.3 is 0 Å². The standard InChI is InChI=1S/C18H15NO4S/c1-23-18-11-6-13-4-2-3-5-16(13)17(18)12-19-24(21,22)15-9-7-14(20)8-10-15/h2-12,20H,1H3. The summed E-state index contributed by atoms with van der Waals surface area (Å²) in [5.41, 5.74) is 0.595. The first-order valence-electron chi connectivity index (χ1n) is 7.16. The van der Waals surface area contributed by atoms with Gasteiger partial charge in [-0.05, 0) is 41.1 Å². The average molecular weight is 341 g/mol. The van der Waals surface area contributed by atoms with E-state index in [1.54, 1.807) is 6.07 Å². The smallest absolute Gasteiger partial charge is 0.282 e. The van der Waals surface area contributed by atoms with Crippen LogP contribution in [0.3, 0.4) is 0 Å². The van der Waals surface area contributed by atoms with Crippen molar-refractivity contribution < 1.29 is 18.3 Å². The van der Waals surface area contributed by atoms with Gasteiger partial charge in [0.2, 0.25) is 0 Å². The minimum Gasteiger partial charge on any atom is -0.508 e. The fraction of sp³-hybridized carbons (Fsp3) is 0.0556. The third kappa shape index (κ3) is 3.09. The van der Waals surface area contributed by atoms with E-state index < -0.39 is 10.0 Å². The van der Waals surface area contributed by atoms with Gasteiger partial charge in [0.15, 0.2) is 0 Å². The minimum atomic E-state index is -3.87. The van der Waals surface area contributed by atoms with Crippen molar-refractivity contribution in [3.05, 3.63) is 66.2 Å². The Hall–Kier alpha value is -2.86. The van der Waals surface area contributed by atoms with Gasteiger partial charge in [0.1, 0.15) is 11.5 Å². The summed E-state index contributed by atoms with van der Waals surface area (Å²) in [6, 6.07) is 16.5. The molecule has 0 fully saturated rings. The molecule has 0 amide bonds. The fourth-order valence-electron chi connectivity index (χ4n) is 2.39. The summed E-state index contributed by atoms with van der Waals surface area (Å²) in [5.74, 6) is 0.534. The molecule has 5 nitrogen and oxygen atoms in total. The number of benzene rings is 3. The summed E-state index contributed by atoms with van der Waals surface area (Å²) in [7, 11) is -2.34. The molecule has 0 aliphatic rings. The Balaban J connectivity index is 2.08. The molecule has 24 heavy (non-hydrogen) atoms. The van der Waals surface area contributed by atoms with Gasteiger partial charge in [0, 0.05) is 5.56 Å². The molecule has 0 spiro atoms. The molecule has 6 heteroatoms. The quantitative estimate of drug-likeness (QED) is 0.738. The van der Waals surface area contributed by atoms with E-state index >= 15 is 0 Å². The molecule has 0 radical (unpaired) electrons. The second kappa shape index (κ2) is 6.33. The third-order valence-electron chi connectivity index (χ3n) is 3.61. The number of phenolic OH excluding ortho intramolecular Hbond substituents is 1. The summed E-state index contributed by atoms with van der Waals surface area (Å²) >= 11 is 0. The summed E-state index contributed by atoms with van der Waals surface area (Å²) in [5, 5.41) is 11.1. The third-order valence-corrected chi connectivity index (χ3v) is 4.86. The maximum atomic E-state index is 12.3. The first-order chi connectivity index (χ1) is 11.5. The molecule has 0 bridgehead atoms. The van der Waals surface area contributed by atoms with Crippen LogP contribution in [-0.2, 0) is 10.0 Å². The normalized spacial score (nSPS) is 11.9. The second-order valence-corrected chi connectivity index (χ2v) is 6.74. The van der Waals surface area contributed by atoms with Gasteiger partial charge < -0.3 is 9.84 Å². The van der Waals surface area contributed by atoms with E-state index in [0.29, 0.717) is 11.3 Å². The zero-order valence-electron chi connectivity index (χ0n) is 12.9. The number of phenols is 1. The molecule has 0 unspecified atom stereocenters. The lowest BCUT2D eigenvalue weighted by molar-refractivity contribution is 0.415. The number of sulfonamides is 1. The van der Waals surface area contributed by atoms with Crippen LogP contribution in [-0.4, -0.2) is 26.8 Å². The van der Waals surface area contributed by atoms with E-state index in [9.17, 15) is 13.5 Å². The molecule has 3 aromatic rings. The van der Waals surface area contributed by atoms with E-state index in [1.807, 2.05) is 30.3 Å². The van der Waals surface area contributed by atoms with Crippen LogP contribution < -0.4 is 4.74 Å². The summed E-state index contributed by atoms with van der Waals surface area (Å²) in [6.07, 6.45) is 1.29. The summed E-state index contributed by atoms with van der Waals surface area (Å²) < 4.78 is 33.8. The number of ether oxygens (including phenoxy) is 1. The zero-order valence-corrected chi connectivity index (χ0v) is 13.7. The Morgan fingerprint density at radius 3 is 2.42 bits per heavy atom. The van der Waals surface area contributed by atoms with Crippen LogP contribution in [0.5, 0.6) is 11.5 Å². The van der Waals surface area contributed by atoms with Gasteiger partial charge in [-0.15, -0.1) is 0 Å². The molecule has 3 rings (SSSR count). The fourth-order valence-corrected chi connectivity index (χ4v) is 3.23. The lowest BCUT2D eigenvalue weighted by Crippen LogP contribution is -1.99. The molecule has 1 N–H and O–H groups in total. The van der Waals surface area contributed by atoms with E-state index in [0.717, 1.165) is 10.8 Å². The largest absolute Gasteiger partial charge is 0.508 e. The van der Waals surface area contributed by atoms with Crippen molar-refractivity contribution >= 4 is 27.0 Å². The average Bonchev–Trinajstić information content (AvgIpc) is 2.60. The van der Waals surface area contributed by atoms with Crippen LogP contribution in [0.1, 0.15) is 5.56 Å². The first-order valence-corrected chi connectivity index (χ1v) is 8.60. The lowest BCUT2D eigenvalue weighted by atomic mass is 10.0. The van der Waals surface area contributed by atoms with E-state index in [1.165, 1.54) is 37.6 Å². The van der Waals surface area contributed by atoms with E-state index in [2.05, 4.69) is 4.40 Å². The number of hydrogen-bond donors (Lipinski definition) is 1. The van der Waals surface area contributed by atoms with Crippen molar-refractivity contribution in [1.29, 1.82) is 0 Å². The molecule has 0 aromatic heterocycles. The molecule has 0 atom stereocenters. The highest BCUT2D eigenvalue weighted by Crippen LogP contribution is 2.27. The molecule has 3 aromatic carbocycles. The monoisotopic (exact) mass is 341 g/mol. The molecule has 0 aliphatic heterocycles. The molecule has 122 valence electrons. The Morgan fingerprint density at radius 1 is 1.00 bits per heavy atom. The van der Waals surface area contributed by atoms with Gasteiger partial charge in [0.25, 0.3) is 10.0 Å². The van der Waals surface area contributed by atoms with Crippen molar-refractivity contribution in [1.82, 2.24) is 0 Å². The SMILES string of the molecule is COc1ccc2ccccc2c1C=NS(=O)(=O)c1ccc(O)cc1. The van der Waals surface area contributed by atoms with Crippen molar-refractivity contribution in [2.24, 2.45) is 4.40 Å². The first kappa shape index (κ1) is 16.0. The van der Waals surface area contributed by atoms with Crippen molar-refractivity contribution in [2.45, 2.75) is 4.90 Å². The Morgan fingerprint density at radius 2 is 1.71 bits per heavy atom. The molecule has 0 aliphatic carbocycles. The van der Waals surface area contributed by atoms with Crippen molar-refractivity contribution in [3.63, 3.8) is 0 Å². The molecule has 0 saturated carbocycles. The summed E-state index contributed by atoms with van der Waals surface area (Å²) in [6.45, 7) is 0. The van der Waals surface area contributed by atoms with Gasteiger partial charge in [-0.3, -0.25) is 0 Å². The van der Waals surface area contributed by atoms with Crippen LogP contribution in [0.4, 0.5) is 0 Å². The number of hydrogen-bond acceptors (Lipinski definition) is 4. The number of fused-ring (bicyclic) bond motifs is 1. The minimum absolute atomic E-state index is 0.00588. The molecule has 0 saturated heterocycles. The molecular weight excluding hydrogens is 326 g/mol. The maximum Gasteiger partial charge on any atom is 0.282 e. The van der Waals surface area contributed by atoms with Crippen LogP contribution in [0.25, 0.3) is 10.8 Å². The highest BCUT2D eigenvalue weighted by atomic mass is 32.2. The topological polar surface area (TPSA) is 76.0 Å². The number of rotatable bonds is 4. The predicted octanol–water partition coefficient (Wildman–Crippen LogP) is 3.36. The van der Waals surface area contributed by atoms with Crippen LogP contribution in [0, 0.1) is 0 Å². The summed E-state index contributed by atoms with van der Waals surface area (Å²) in [4.78, 5) is 0.00996. The Kier molecular flexibility index (Phi) is 4.22. The lowest BCUT2D eigenvalue weighted by Gasteiger charge is -2.08. The van der Waals surface area contributed by atoms with Gasteiger partial charge in [-0.1, -0.05) is 30.3 Å². The van der Waals surface area contributed by atoms with E-state index in [-0.39, 0.29) is 10.6 Å². The van der Waals surface area contributed by atoms with Gasteiger partial charge in [-0.25, -0.2) is 0 Å².